The first-order valence-electron chi connectivity index (χ1n) is 10.3. The summed E-state index contributed by atoms with van der Waals surface area (Å²) in [6.45, 7) is 0.901. The van der Waals surface area contributed by atoms with Crippen molar-refractivity contribution in [3.63, 3.8) is 0 Å². The van der Waals surface area contributed by atoms with Crippen LogP contribution >= 0.6 is 0 Å². The predicted octanol–water partition coefficient (Wildman–Crippen LogP) is 4.14. The van der Waals surface area contributed by atoms with Gasteiger partial charge in [-0.2, -0.15) is 0 Å². The molecule has 4 rings (SSSR count). The maximum Gasteiger partial charge on any atom is 0.261 e. The van der Waals surface area contributed by atoms with Gasteiger partial charge in [0.1, 0.15) is 5.82 Å². The number of para-hydroxylation sites is 1. The molecule has 0 spiro atoms. The summed E-state index contributed by atoms with van der Waals surface area (Å²) in [6, 6.07) is 23.7. The molecule has 0 aliphatic rings. The Morgan fingerprint density at radius 1 is 0.935 bits per heavy atom. The fourth-order valence-electron chi connectivity index (χ4n) is 3.56. The Kier molecular flexibility index (Phi) is 5.96. The van der Waals surface area contributed by atoms with Crippen molar-refractivity contribution >= 4 is 28.7 Å². The number of benzene rings is 3. The predicted molar refractivity (Wildman–Crippen MR) is 129 cm³/mol. The van der Waals surface area contributed by atoms with Crippen molar-refractivity contribution in [1.82, 2.24) is 9.55 Å². The van der Waals surface area contributed by atoms with Gasteiger partial charge in [0.25, 0.3) is 5.56 Å². The summed E-state index contributed by atoms with van der Waals surface area (Å²) in [6.07, 6.45) is 3.90. The van der Waals surface area contributed by atoms with E-state index in [9.17, 15) is 4.79 Å². The van der Waals surface area contributed by atoms with E-state index in [0.717, 1.165) is 22.4 Å². The minimum Gasteiger partial charge on any atom is -0.378 e. The lowest BCUT2D eigenvalue weighted by Gasteiger charge is -2.13. The topological polar surface area (TPSA) is 64.2 Å². The van der Waals surface area contributed by atoms with Crippen LogP contribution in [0.15, 0.2) is 77.6 Å². The van der Waals surface area contributed by atoms with Gasteiger partial charge in [0.2, 0.25) is 0 Å². The number of nitrogens with zero attached hydrogens (tertiary/aromatic N) is 3. The number of nitrogens with two attached hydrogens (primary N) is 1. The number of hydrogen-bond donors (Lipinski definition) is 1. The lowest BCUT2D eigenvalue weighted by atomic mass is 10.1. The fourth-order valence-corrected chi connectivity index (χ4v) is 3.56. The Morgan fingerprint density at radius 3 is 2.42 bits per heavy atom. The summed E-state index contributed by atoms with van der Waals surface area (Å²) in [5.41, 5.74) is 10.7. The van der Waals surface area contributed by atoms with Gasteiger partial charge in [-0.1, -0.05) is 54.6 Å². The van der Waals surface area contributed by atoms with E-state index >= 15 is 0 Å². The molecule has 0 fully saturated rings. The van der Waals surface area contributed by atoms with E-state index in [0.29, 0.717) is 29.8 Å². The third-order valence-corrected chi connectivity index (χ3v) is 5.29. The van der Waals surface area contributed by atoms with Crippen LogP contribution in [0.2, 0.25) is 0 Å². The van der Waals surface area contributed by atoms with Gasteiger partial charge in [-0.05, 0) is 47.0 Å². The van der Waals surface area contributed by atoms with Crippen LogP contribution in [-0.4, -0.2) is 23.6 Å². The Hall–Kier alpha value is -3.70. The molecule has 2 N–H and O–H groups in total. The van der Waals surface area contributed by atoms with Crippen LogP contribution in [0.3, 0.4) is 0 Å². The van der Waals surface area contributed by atoms with Crippen LogP contribution in [-0.2, 0) is 13.1 Å². The molecule has 3 aromatic carbocycles. The molecule has 0 aliphatic carbocycles. The molecule has 1 aromatic heterocycles. The van der Waals surface area contributed by atoms with Crippen molar-refractivity contribution in [2.24, 2.45) is 5.73 Å². The van der Waals surface area contributed by atoms with E-state index in [4.69, 9.17) is 10.7 Å². The first kappa shape index (κ1) is 20.6. The summed E-state index contributed by atoms with van der Waals surface area (Å²) in [5, 5.41) is 0.616. The number of hydrogen-bond acceptors (Lipinski definition) is 4. The highest BCUT2D eigenvalue weighted by Crippen LogP contribution is 2.16. The van der Waals surface area contributed by atoms with Crippen LogP contribution in [0, 0.1) is 0 Å². The summed E-state index contributed by atoms with van der Waals surface area (Å²) >= 11 is 0. The van der Waals surface area contributed by atoms with Gasteiger partial charge in [-0.3, -0.25) is 9.36 Å². The molecule has 5 heteroatoms. The largest absolute Gasteiger partial charge is 0.378 e. The molecule has 1 heterocycles. The minimum atomic E-state index is -0.0497. The van der Waals surface area contributed by atoms with Crippen molar-refractivity contribution in [3.8, 4) is 0 Å². The number of fused-ring (bicyclic) bond motifs is 1. The molecule has 0 aliphatic heterocycles. The normalized spacial score (nSPS) is 11.3. The van der Waals surface area contributed by atoms with Crippen LogP contribution in [0.4, 0.5) is 5.69 Å². The standard InChI is InChI=1S/C26H26N4O/c1-29(2)22-13-10-19(11-14-22)12-15-25-28-24-9-4-3-8-23(24)26(31)30(25)18-21-7-5-6-20(16-21)17-27/h3-16H,17-18,27H2,1-2H3. The molecule has 0 saturated carbocycles. The smallest absolute Gasteiger partial charge is 0.261 e. The van der Waals surface area contributed by atoms with Gasteiger partial charge in [0.15, 0.2) is 0 Å². The Bertz CT molecular complexity index is 1290. The zero-order chi connectivity index (χ0) is 21.8. The highest BCUT2D eigenvalue weighted by atomic mass is 16.1. The quantitative estimate of drug-likeness (QED) is 0.519. The molecule has 31 heavy (non-hydrogen) atoms. The van der Waals surface area contributed by atoms with Crippen LogP contribution in [0.25, 0.3) is 23.1 Å². The van der Waals surface area contributed by atoms with Crippen molar-refractivity contribution in [2.45, 2.75) is 13.1 Å². The second-order valence-corrected chi connectivity index (χ2v) is 7.72. The SMILES string of the molecule is CN(C)c1ccc(C=Cc2nc3ccccc3c(=O)n2Cc2cccc(CN)c2)cc1. The molecular weight excluding hydrogens is 384 g/mol. The minimum absolute atomic E-state index is 0.0497. The van der Waals surface area contributed by atoms with Gasteiger partial charge in [0.05, 0.1) is 17.4 Å². The van der Waals surface area contributed by atoms with E-state index in [1.54, 1.807) is 4.57 Å². The van der Waals surface area contributed by atoms with Crippen molar-refractivity contribution in [2.75, 3.05) is 19.0 Å². The molecule has 5 nitrogen and oxygen atoms in total. The molecule has 0 atom stereocenters. The number of anilines is 1. The average molecular weight is 411 g/mol. The Balaban J connectivity index is 1.77. The van der Waals surface area contributed by atoms with Gasteiger partial charge >= 0.3 is 0 Å². The molecule has 0 unspecified atom stereocenters. The third-order valence-electron chi connectivity index (χ3n) is 5.29. The molecule has 0 saturated heterocycles. The first-order chi connectivity index (χ1) is 15.0. The molecule has 0 radical (unpaired) electrons. The van der Waals surface area contributed by atoms with E-state index in [1.807, 2.05) is 74.8 Å². The fraction of sp³-hybridized carbons (Fsp3) is 0.154. The lowest BCUT2D eigenvalue weighted by Crippen LogP contribution is -2.24. The summed E-state index contributed by atoms with van der Waals surface area (Å²) in [5.74, 6) is 0.624. The molecule has 156 valence electrons. The van der Waals surface area contributed by atoms with E-state index in [2.05, 4.69) is 29.2 Å². The van der Waals surface area contributed by atoms with Gasteiger partial charge in [0, 0.05) is 26.3 Å². The lowest BCUT2D eigenvalue weighted by molar-refractivity contribution is 0.737. The van der Waals surface area contributed by atoms with E-state index in [1.165, 1.54) is 0 Å². The molecular formula is C26H26N4O. The zero-order valence-corrected chi connectivity index (χ0v) is 17.8. The molecule has 0 bridgehead atoms. The Labute approximate surface area is 182 Å². The first-order valence-corrected chi connectivity index (χ1v) is 10.3. The maximum atomic E-state index is 13.3. The van der Waals surface area contributed by atoms with Crippen LogP contribution < -0.4 is 16.2 Å². The van der Waals surface area contributed by atoms with Gasteiger partial charge in [-0.15, -0.1) is 0 Å². The average Bonchev–Trinajstić information content (AvgIpc) is 2.80. The highest BCUT2D eigenvalue weighted by Gasteiger charge is 2.10. The zero-order valence-electron chi connectivity index (χ0n) is 17.8. The van der Waals surface area contributed by atoms with Gasteiger partial charge in [-0.25, -0.2) is 4.98 Å². The van der Waals surface area contributed by atoms with Crippen LogP contribution in [0.1, 0.15) is 22.5 Å². The van der Waals surface area contributed by atoms with Crippen molar-refractivity contribution < 1.29 is 0 Å². The van der Waals surface area contributed by atoms with Crippen molar-refractivity contribution in [3.05, 3.63) is 106 Å². The van der Waals surface area contributed by atoms with Crippen molar-refractivity contribution in [1.29, 1.82) is 0 Å². The second kappa shape index (κ2) is 8.98. The number of aromatic nitrogens is 2. The van der Waals surface area contributed by atoms with Crippen LogP contribution in [0.5, 0.6) is 0 Å². The molecule has 0 amide bonds. The Morgan fingerprint density at radius 2 is 1.68 bits per heavy atom. The van der Waals surface area contributed by atoms with E-state index < -0.39 is 0 Å². The monoisotopic (exact) mass is 410 g/mol. The summed E-state index contributed by atoms with van der Waals surface area (Å²) in [7, 11) is 4.03. The summed E-state index contributed by atoms with van der Waals surface area (Å²) in [4.78, 5) is 20.1. The molecule has 4 aromatic rings. The maximum absolute atomic E-state index is 13.3. The third kappa shape index (κ3) is 4.57. The highest BCUT2D eigenvalue weighted by molar-refractivity contribution is 5.79. The second-order valence-electron chi connectivity index (χ2n) is 7.72. The number of rotatable bonds is 6. The van der Waals surface area contributed by atoms with E-state index in [-0.39, 0.29) is 5.56 Å². The summed E-state index contributed by atoms with van der Waals surface area (Å²) < 4.78 is 1.72. The van der Waals surface area contributed by atoms with Gasteiger partial charge < -0.3 is 10.6 Å².